The van der Waals surface area contributed by atoms with Gasteiger partial charge in [0.25, 0.3) is 0 Å². The van der Waals surface area contributed by atoms with E-state index in [-0.39, 0.29) is 25.1 Å². The molecule has 0 aromatic heterocycles. The first-order chi connectivity index (χ1) is 8.45. The predicted octanol–water partition coefficient (Wildman–Crippen LogP) is 0.315. The number of hydrogen-bond donors (Lipinski definition) is 3. The van der Waals surface area contributed by atoms with Crippen LogP contribution in [-0.2, 0) is 4.79 Å². The molecule has 3 amide bonds. The molecular weight excluding hydrogens is 234 g/mol. The van der Waals surface area contributed by atoms with Gasteiger partial charge in [0.2, 0.25) is 5.91 Å². The van der Waals surface area contributed by atoms with Gasteiger partial charge in [-0.05, 0) is 46.7 Å². The number of unbranched alkanes of at least 4 members (excludes halogenated alkanes) is 2. The fraction of sp³-hybridized carbons (Fsp3) is 0.833. The highest BCUT2D eigenvalue weighted by molar-refractivity contribution is 5.95. The summed E-state index contributed by atoms with van der Waals surface area (Å²) >= 11 is 0. The van der Waals surface area contributed by atoms with Crippen molar-refractivity contribution in [3.63, 3.8) is 0 Å². The average molecular weight is 259 g/mol. The van der Waals surface area contributed by atoms with Gasteiger partial charge in [-0.1, -0.05) is 0 Å². The van der Waals surface area contributed by atoms with Crippen molar-refractivity contribution in [2.24, 2.45) is 0 Å². The van der Waals surface area contributed by atoms with E-state index in [0.29, 0.717) is 0 Å². The summed E-state index contributed by atoms with van der Waals surface area (Å²) in [6, 6.07) is -0.447. The van der Waals surface area contributed by atoms with Crippen molar-refractivity contribution in [1.29, 1.82) is 0 Å². The van der Waals surface area contributed by atoms with Gasteiger partial charge in [-0.15, -0.1) is 0 Å². The van der Waals surface area contributed by atoms with Gasteiger partial charge >= 0.3 is 6.03 Å². The summed E-state index contributed by atoms with van der Waals surface area (Å²) in [5, 5.41) is 13.5. The molecule has 0 radical (unpaired) electrons. The molecule has 0 spiro atoms. The number of likely N-dealkylation sites (N-methyl/N-ethyl adjacent to an activating group) is 1. The molecule has 18 heavy (non-hydrogen) atoms. The standard InChI is InChI=1S/C12H25N3O3/c1-10(2)13-12(18)14-11(17)9-15(3)7-5-4-6-8-16/h10,16H,4-9H2,1-3H3,(H2,13,14,17,18). The maximum atomic E-state index is 11.5. The van der Waals surface area contributed by atoms with Crippen molar-refractivity contribution < 1.29 is 14.7 Å². The van der Waals surface area contributed by atoms with E-state index in [1.165, 1.54) is 0 Å². The quantitative estimate of drug-likeness (QED) is 0.548. The van der Waals surface area contributed by atoms with Crippen LogP contribution in [0.2, 0.25) is 0 Å². The zero-order chi connectivity index (χ0) is 14.0. The van der Waals surface area contributed by atoms with E-state index in [1.807, 2.05) is 25.8 Å². The molecule has 0 rings (SSSR count). The minimum absolute atomic E-state index is 0.00834. The molecule has 0 aliphatic carbocycles. The van der Waals surface area contributed by atoms with Crippen LogP contribution in [0, 0.1) is 0 Å². The molecule has 0 unspecified atom stereocenters. The average Bonchev–Trinajstić information content (AvgIpc) is 2.22. The van der Waals surface area contributed by atoms with Crippen LogP contribution >= 0.6 is 0 Å². The van der Waals surface area contributed by atoms with E-state index >= 15 is 0 Å². The third-order valence-electron chi connectivity index (χ3n) is 2.28. The first kappa shape index (κ1) is 16.9. The van der Waals surface area contributed by atoms with Crippen molar-refractivity contribution in [1.82, 2.24) is 15.5 Å². The van der Waals surface area contributed by atoms with E-state index in [4.69, 9.17) is 5.11 Å². The maximum Gasteiger partial charge on any atom is 0.321 e. The lowest BCUT2D eigenvalue weighted by Gasteiger charge is -2.16. The Balaban J connectivity index is 3.69. The molecule has 6 nitrogen and oxygen atoms in total. The smallest absolute Gasteiger partial charge is 0.321 e. The van der Waals surface area contributed by atoms with Crippen LogP contribution < -0.4 is 10.6 Å². The van der Waals surface area contributed by atoms with Gasteiger partial charge < -0.3 is 10.4 Å². The van der Waals surface area contributed by atoms with Gasteiger partial charge in [0.1, 0.15) is 0 Å². The lowest BCUT2D eigenvalue weighted by Crippen LogP contribution is -2.45. The van der Waals surface area contributed by atoms with Gasteiger partial charge in [-0.3, -0.25) is 15.0 Å². The summed E-state index contributed by atoms with van der Waals surface area (Å²) in [6.07, 6.45) is 2.66. The second-order valence-electron chi connectivity index (χ2n) is 4.70. The van der Waals surface area contributed by atoms with Crippen LogP contribution in [0.15, 0.2) is 0 Å². The number of nitrogens with one attached hydrogen (secondary N) is 2. The summed E-state index contributed by atoms with van der Waals surface area (Å²) in [7, 11) is 1.83. The summed E-state index contributed by atoms with van der Waals surface area (Å²) in [5.74, 6) is -0.308. The Morgan fingerprint density at radius 3 is 2.44 bits per heavy atom. The fourth-order valence-corrected chi connectivity index (χ4v) is 1.46. The third kappa shape index (κ3) is 10.0. The summed E-state index contributed by atoms with van der Waals surface area (Å²) in [6.45, 7) is 4.85. The van der Waals surface area contributed by atoms with Gasteiger partial charge in [-0.2, -0.15) is 0 Å². The summed E-state index contributed by atoms with van der Waals surface area (Å²) in [4.78, 5) is 24.6. The number of carbonyl (C=O) groups is 2. The minimum Gasteiger partial charge on any atom is -0.396 e. The Morgan fingerprint density at radius 1 is 1.22 bits per heavy atom. The molecule has 0 bridgehead atoms. The number of aliphatic hydroxyl groups excluding tert-OH is 1. The molecule has 6 heteroatoms. The monoisotopic (exact) mass is 259 g/mol. The maximum absolute atomic E-state index is 11.5. The normalized spacial score (nSPS) is 10.8. The number of imide groups is 1. The van der Waals surface area contributed by atoms with Gasteiger partial charge in [0.15, 0.2) is 0 Å². The van der Waals surface area contributed by atoms with Crippen LogP contribution in [0.25, 0.3) is 0 Å². The third-order valence-corrected chi connectivity index (χ3v) is 2.28. The fourth-order valence-electron chi connectivity index (χ4n) is 1.46. The van der Waals surface area contributed by atoms with Crippen molar-refractivity contribution in [2.45, 2.75) is 39.2 Å². The number of urea groups is 1. The molecule has 0 heterocycles. The first-order valence-electron chi connectivity index (χ1n) is 6.35. The van der Waals surface area contributed by atoms with E-state index in [9.17, 15) is 9.59 Å². The molecule has 0 aliphatic heterocycles. The van der Waals surface area contributed by atoms with Crippen LogP contribution in [0.5, 0.6) is 0 Å². The lowest BCUT2D eigenvalue weighted by atomic mass is 10.2. The summed E-state index contributed by atoms with van der Waals surface area (Å²) in [5.41, 5.74) is 0. The van der Waals surface area contributed by atoms with E-state index in [0.717, 1.165) is 25.8 Å². The van der Waals surface area contributed by atoms with Crippen LogP contribution in [0.1, 0.15) is 33.1 Å². The van der Waals surface area contributed by atoms with E-state index < -0.39 is 6.03 Å². The number of hydrogen-bond acceptors (Lipinski definition) is 4. The molecule has 0 aromatic rings. The van der Waals surface area contributed by atoms with Crippen LogP contribution in [0.4, 0.5) is 4.79 Å². The van der Waals surface area contributed by atoms with Crippen molar-refractivity contribution in [3.8, 4) is 0 Å². The van der Waals surface area contributed by atoms with Gasteiger partial charge in [0.05, 0.1) is 6.54 Å². The summed E-state index contributed by atoms with van der Waals surface area (Å²) < 4.78 is 0. The molecular formula is C12H25N3O3. The molecule has 0 saturated carbocycles. The largest absolute Gasteiger partial charge is 0.396 e. The van der Waals surface area contributed by atoms with Crippen molar-refractivity contribution in [2.75, 3.05) is 26.7 Å². The number of nitrogens with zero attached hydrogens (tertiary/aromatic N) is 1. The van der Waals surface area contributed by atoms with Crippen LogP contribution in [-0.4, -0.2) is 54.7 Å². The molecule has 0 fully saturated rings. The number of carbonyl (C=O) groups excluding carboxylic acids is 2. The number of rotatable bonds is 8. The first-order valence-corrected chi connectivity index (χ1v) is 6.35. The van der Waals surface area contributed by atoms with Gasteiger partial charge in [0, 0.05) is 12.6 Å². The van der Waals surface area contributed by atoms with Crippen LogP contribution in [0.3, 0.4) is 0 Å². The minimum atomic E-state index is -0.455. The molecule has 0 aliphatic rings. The highest BCUT2D eigenvalue weighted by Crippen LogP contribution is 1.96. The zero-order valence-corrected chi connectivity index (χ0v) is 11.5. The molecule has 0 atom stereocenters. The predicted molar refractivity (Wildman–Crippen MR) is 70.2 cm³/mol. The Morgan fingerprint density at radius 2 is 1.89 bits per heavy atom. The molecule has 3 N–H and O–H groups in total. The van der Waals surface area contributed by atoms with E-state index in [1.54, 1.807) is 0 Å². The SMILES string of the molecule is CC(C)NC(=O)NC(=O)CN(C)CCCCCO. The topological polar surface area (TPSA) is 81.7 Å². The molecule has 106 valence electrons. The Labute approximate surface area is 109 Å². The Hall–Kier alpha value is -1.14. The van der Waals surface area contributed by atoms with Crippen molar-refractivity contribution in [3.05, 3.63) is 0 Å². The van der Waals surface area contributed by atoms with E-state index in [2.05, 4.69) is 10.6 Å². The molecule has 0 saturated heterocycles. The van der Waals surface area contributed by atoms with Crippen molar-refractivity contribution >= 4 is 11.9 Å². The Kier molecular flexibility index (Phi) is 9.22. The zero-order valence-electron chi connectivity index (χ0n) is 11.5. The molecule has 0 aromatic carbocycles. The second-order valence-corrected chi connectivity index (χ2v) is 4.70. The highest BCUT2D eigenvalue weighted by atomic mass is 16.3. The Bertz CT molecular complexity index is 257. The highest BCUT2D eigenvalue weighted by Gasteiger charge is 2.10. The number of amides is 3. The number of aliphatic hydroxyl groups is 1. The second kappa shape index (κ2) is 9.85. The van der Waals surface area contributed by atoms with Gasteiger partial charge in [-0.25, -0.2) is 4.79 Å². The lowest BCUT2D eigenvalue weighted by molar-refractivity contribution is -0.120.